The van der Waals surface area contributed by atoms with Gasteiger partial charge in [0.2, 0.25) is 0 Å². The van der Waals surface area contributed by atoms with Crippen LogP contribution in [0.5, 0.6) is 0 Å². The third kappa shape index (κ3) is 3.74. The summed E-state index contributed by atoms with van der Waals surface area (Å²) in [4.78, 5) is 2.55. The molecule has 0 aromatic heterocycles. The van der Waals surface area contributed by atoms with Gasteiger partial charge in [0.05, 0.1) is 0 Å². The maximum Gasteiger partial charge on any atom is 0.0398 e. The minimum Gasteiger partial charge on any atom is -0.371 e. The third-order valence-corrected chi connectivity index (χ3v) is 3.54. The minimum atomic E-state index is 0.751. The summed E-state index contributed by atoms with van der Waals surface area (Å²) in [5.74, 6) is 0.751. The first-order valence-corrected chi connectivity index (χ1v) is 7.31. The highest BCUT2D eigenvalue weighted by Gasteiger charge is 2.15. The molecule has 0 bridgehead atoms. The average molecular weight is 246 g/mol. The van der Waals surface area contributed by atoms with E-state index >= 15 is 0 Å². The van der Waals surface area contributed by atoms with Crippen molar-refractivity contribution in [3.63, 3.8) is 0 Å². The number of aryl methyl sites for hydroxylation is 1. The Kier molecular flexibility index (Phi) is 5.06. The number of rotatable bonds is 6. The highest BCUT2D eigenvalue weighted by atomic mass is 15.1. The van der Waals surface area contributed by atoms with Gasteiger partial charge in [-0.15, -0.1) is 0 Å². The van der Waals surface area contributed by atoms with E-state index in [9.17, 15) is 0 Å². The molecule has 1 aliphatic rings. The molecule has 0 aliphatic carbocycles. The SMILES string of the molecule is CC(C)CNCCCN1CCCc2ccccc21. The fraction of sp³-hybridized carbons (Fsp3) is 0.625. The van der Waals surface area contributed by atoms with Crippen molar-refractivity contribution in [2.75, 3.05) is 31.1 Å². The first-order chi connectivity index (χ1) is 8.77. The summed E-state index contributed by atoms with van der Waals surface area (Å²) in [6.07, 6.45) is 3.79. The topological polar surface area (TPSA) is 15.3 Å². The third-order valence-electron chi connectivity index (χ3n) is 3.54. The van der Waals surface area contributed by atoms with E-state index in [-0.39, 0.29) is 0 Å². The fourth-order valence-electron chi connectivity index (χ4n) is 2.63. The molecule has 0 radical (unpaired) electrons. The zero-order valence-corrected chi connectivity index (χ0v) is 11.8. The normalized spacial score (nSPS) is 14.9. The van der Waals surface area contributed by atoms with Crippen molar-refractivity contribution in [2.45, 2.75) is 33.1 Å². The first kappa shape index (κ1) is 13.4. The number of hydrogen-bond donors (Lipinski definition) is 1. The summed E-state index contributed by atoms with van der Waals surface area (Å²) in [7, 11) is 0. The zero-order valence-electron chi connectivity index (χ0n) is 11.8. The summed E-state index contributed by atoms with van der Waals surface area (Å²) < 4.78 is 0. The van der Waals surface area contributed by atoms with Crippen LogP contribution in [-0.4, -0.2) is 26.2 Å². The van der Waals surface area contributed by atoms with Crippen molar-refractivity contribution in [2.24, 2.45) is 5.92 Å². The second-order valence-electron chi connectivity index (χ2n) is 5.67. The van der Waals surface area contributed by atoms with Crippen molar-refractivity contribution in [1.29, 1.82) is 0 Å². The molecule has 1 aromatic carbocycles. The Morgan fingerprint density at radius 3 is 2.94 bits per heavy atom. The van der Waals surface area contributed by atoms with Crippen LogP contribution in [0.4, 0.5) is 5.69 Å². The fourth-order valence-corrected chi connectivity index (χ4v) is 2.63. The predicted molar refractivity (Wildman–Crippen MR) is 79.3 cm³/mol. The van der Waals surface area contributed by atoms with Crippen molar-refractivity contribution in [3.8, 4) is 0 Å². The summed E-state index contributed by atoms with van der Waals surface area (Å²) in [6.45, 7) is 9.19. The number of benzene rings is 1. The lowest BCUT2D eigenvalue weighted by atomic mass is 10.0. The Balaban J connectivity index is 1.77. The van der Waals surface area contributed by atoms with Crippen LogP contribution >= 0.6 is 0 Å². The molecule has 100 valence electrons. The molecular formula is C16H26N2. The van der Waals surface area contributed by atoms with Gasteiger partial charge in [-0.1, -0.05) is 32.0 Å². The van der Waals surface area contributed by atoms with E-state index in [0.29, 0.717) is 0 Å². The number of nitrogens with zero attached hydrogens (tertiary/aromatic N) is 1. The summed E-state index contributed by atoms with van der Waals surface area (Å²) >= 11 is 0. The van der Waals surface area contributed by atoms with Crippen LogP contribution in [0.25, 0.3) is 0 Å². The summed E-state index contributed by atoms with van der Waals surface area (Å²) in [5.41, 5.74) is 2.99. The molecule has 0 atom stereocenters. The van der Waals surface area contributed by atoms with Crippen LogP contribution in [0.3, 0.4) is 0 Å². The molecule has 1 N–H and O–H groups in total. The van der Waals surface area contributed by atoms with Gasteiger partial charge >= 0.3 is 0 Å². The molecule has 2 heteroatoms. The predicted octanol–water partition coefficient (Wildman–Crippen LogP) is 3.07. The molecule has 0 spiro atoms. The molecule has 0 fully saturated rings. The van der Waals surface area contributed by atoms with Crippen LogP contribution in [0.2, 0.25) is 0 Å². The minimum absolute atomic E-state index is 0.751. The maximum absolute atomic E-state index is 3.52. The Morgan fingerprint density at radius 2 is 2.11 bits per heavy atom. The van der Waals surface area contributed by atoms with Crippen LogP contribution < -0.4 is 10.2 Å². The molecule has 2 rings (SSSR count). The van der Waals surface area contributed by atoms with Gasteiger partial charge < -0.3 is 10.2 Å². The average Bonchev–Trinajstić information content (AvgIpc) is 2.38. The van der Waals surface area contributed by atoms with E-state index in [1.54, 1.807) is 0 Å². The first-order valence-electron chi connectivity index (χ1n) is 7.31. The van der Waals surface area contributed by atoms with Gasteiger partial charge in [0, 0.05) is 18.8 Å². The highest BCUT2D eigenvalue weighted by Crippen LogP contribution is 2.26. The molecule has 0 saturated carbocycles. The number of fused-ring (bicyclic) bond motifs is 1. The zero-order chi connectivity index (χ0) is 12.8. The highest BCUT2D eigenvalue weighted by molar-refractivity contribution is 5.55. The van der Waals surface area contributed by atoms with Crippen LogP contribution in [-0.2, 0) is 6.42 Å². The van der Waals surface area contributed by atoms with Gasteiger partial charge in [0.1, 0.15) is 0 Å². The Bertz CT molecular complexity index is 360. The second kappa shape index (κ2) is 6.79. The lowest BCUT2D eigenvalue weighted by molar-refractivity contribution is 0.538. The largest absolute Gasteiger partial charge is 0.371 e. The quantitative estimate of drug-likeness (QED) is 0.776. The Hall–Kier alpha value is -1.02. The lowest BCUT2D eigenvalue weighted by Crippen LogP contribution is -2.32. The maximum atomic E-state index is 3.52. The molecule has 0 unspecified atom stereocenters. The second-order valence-corrected chi connectivity index (χ2v) is 5.67. The number of nitrogens with one attached hydrogen (secondary N) is 1. The number of hydrogen-bond acceptors (Lipinski definition) is 2. The van der Waals surface area contributed by atoms with Gasteiger partial charge in [0.15, 0.2) is 0 Å². The van der Waals surface area contributed by atoms with E-state index in [4.69, 9.17) is 0 Å². The number of anilines is 1. The standard InChI is InChI=1S/C16H26N2/c1-14(2)13-17-10-6-12-18-11-5-8-15-7-3-4-9-16(15)18/h3-4,7,9,14,17H,5-6,8,10-13H2,1-2H3. The molecule has 2 nitrogen and oxygen atoms in total. The van der Waals surface area contributed by atoms with E-state index in [0.717, 1.165) is 19.0 Å². The summed E-state index contributed by atoms with van der Waals surface area (Å²) in [6, 6.07) is 8.87. The van der Waals surface area contributed by atoms with Gasteiger partial charge in [0.25, 0.3) is 0 Å². The van der Waals surface area contributed by atoms with E-state index in [1.165, 1.54) is 43.6 Å². The molecule has 18 heavy (non-hydrogen) atoms. The van der Waals surface area contributed by atoms with E-state index in [2.05, 4.69) is 48.3 Å². The van der Waals surface area contributed by atoms with E-state index in [1.807, 2.05) is 0 Å². The molecule has 1 aromatic rings. The Morgan fingerprint density at radius 1 is 1.28 bits per heavy atom. The van der Waals surface area contributed by atoms with Gasteiger partial charge in [-0.25, -0.2) is 0 Å². The number of para-hydroxylation sites is 1. The monoisotopic (exact) mass is 246 g/mol. The summed E-state index contributed by atoms with van der Waals surface area (Å²) in [5, 5.41) is 3.52. The Labute approximate surface area is 111 Å². The molecule has 1 aliphatic heterocycles. The van der Waals surface area contributed by atoms with Gasteiger partial charge in [-0.2, -0.15) is 0 Å². The molecule has 0 amide bonds. The lowest BCUT2D eigenvalue weighted by Gasteiger charge is -2.31. The van der Waals surface area contributed by atoms with Crippen LogP contribution in [0, 0.1) is 5.92 Å². The van der Waals surface area contributed by atoms with Gasteiger partial charge in [-0.3, -0.25) is 0 Å². The van der Waals surface area contributed by atoms with E-state index < -0.39 is 0 Å². The van der Waals surface area contributed by atoms with Crippen molar-refractivity contribution < 1.29 is 0 Å². The van der Waals surface area contributed by atoms with Crippen molar-refractivity contribution in [3.05, 3.63) is 29.8 Å². The van der Waals surface area contributed by atoms with Crippen molar-refractivity contribution >= 4 is 5.69 Å². The van der Waals surface area contributed by atoms with Crippen molar-refractivity contribution in [1.82, 2.24) is 5.32 Å². The van der Waals surface area contributed by atoms with Crippen LogP contribution in [0.15, 0.2) is 24.3 Å². The smallest absolute Gasteiger partial charge is 0.0398 e. The molecular weight excluding hydrogens is 220 g/mol. The van der Waals surface area contributed by atoms with Crippen LogP contribution in [0.1, 0.15) is 32.3 Å². The molecule has 0 saturated heterocycles. The molecule has 1 heterocycles. The van der Waals surface area contributed by atoms with Gasteiger partial charge in [-0.05, 0) is 49.9 Å².